The summed E-state index contributed by atoms with van der Waals surface area (Å²) in [6.07, 6.45) is -1.44. The van der Waals surface area contributed by atoms with Gasteiger partial charge in [0.15, 0.2) is 0 Å². The molecule has 0 saturated carbocycles. The third-order valence-electron chi connectivity index (χ3n) is 9.87. The van der Waals surface area contributed by atoms with Crippen molar-refractivity contribution in [2.75, 3.05) is 32.8 Å². The van der Waals surface area contributed by atoms with Crippen LogP contribution in [0.5, 0.6) is 17.2 Å². The number of likely N-dealkylation sites (tertiary alicyclic amines) is 2. The van der Waals surface area contributed by atoms with E-state index in [0.717, 1.165) is 51.9 Å². The van der Waals surface area contributed by atoms with Crippen LogP contribution in [0.25, 0.3) is 22.1 Å². The van der Waals surface area contributed by atoms with Gasteiger partial charge < -0.3 is 44.5 Å². The lowest BCUT2D eigenvalue weighted by Crippen LogP contribution is -2.60. The van der Waals surface area contributed by atoms with Gasteiger partial charge in [-0.15, -0.1) is 0 Å². The maximum absolute atomic E-state index is 14.1. The zero-order valence-corrected chi connectivity index (χ0v) is 26.9. The van der Waals surface area contributed by atoms with Crippen molar-refractivity contribution < 1.29 is 44.5 Å². The molecular formula is C35H46N2O10. The van der Waals surface area contributed by atoms with Gasteiger partial charge in [-0.1, -0.05) is 26.0 Å². The first-order chi connectivity index (χ1) is 22.5. The molecule has 3 saturated heterocycles. The van der Waals surface area contributed by atoms with Crippen molar-refractivity contribution in [1.29, 1.82) is 0 Å². The molecule has 256 valence electrons. The van der Waals surface area contributed by atoms with Crippen molar-refractivity contribution >= 4 is 11.0 Å². The molecule has 3 aliphatic heterocycles. The van der Waals surface area contributed by atoms with Crippen molar-refractivity contribution in [3.63, 3.8) is 0 Å². The fourth-order valence-corrected chi connectivity index (χ4v) is 7.27. The lowest BCUT2D eigenvalue weighted by atomic mass is 9.95. The number of piperidine rings is 2. The summed E-state index contributed by atoms with van der Waals surface area (Å²) in [7, 11) is 0. The summed E-state index contributed by atoms with van der Waals surface area (Å²) in [6, 6.07) is 6.31. The second-order valence-corrected chi connectivity index (χ2v) is 13.6. The number of ether oxygens (including phenoxy) is 2. The number of aliphatic hydroxyl groups excluding tert-OH is 4. The van der Waals surface area contributed by atoms with Crippen molar-refractivity contribution in [3.8, 4) is 28.4 Å². The quantitative estimate of drug-likeness (QED) is 0.210. The van der Waals surface area contributed by atoms with Gasteiger partial charge >= 0.3 is 0 Å². The summed E-state index contributed by atoms with van der Waals surface area (Å²) in [6.45, 7) is 7.93. The maximum atomic E-state index is 14.1. The first-order valence-electron chi connectivity index (χ1n) is 16.6. The largest absolute Gasteiger partial charge is 0.507 e. The van der Waals surface area contributed by atoms with Crippen LogP contribution in [0.4, 0.5) is 0 Å². The van der Waals surface area contributed by atoms with E-state index in [9.17, 15) is 35.4 Å². The van der Waals surface area contributed by atoms with Gasteiger partial charge in [0.2, 0.25) is 11.7 Å². The molecule has 1 aromatic heterocycles. The van der Waals surface area contributed by atoms with Crippen LogP contribution in [-0.2, 0) is 17.8 Å². The minimum absolute atomic E-state index is 0.0297. The topological polar surface area (TPSA) is 177 Å². The van der Waals surface area contributed by atoms with Gasteiger partial charge in [0.05, 0.1) is 23.3 Å². The molecule has 0 unspecified atom stereocenters. The van der Waals surface area contributed by atoms with E-state index in [4.69, 9.17) is 13.9 Å². The average Bonchev–Trinajstić information content (AvgIpc) is 3.05. The van der Waals surface area contributed by atoms with Crippen LogP contribution < -0.4 is 10.2 Å². The highest BCUT2D eigenvalue weighted by Crippen LogP contribution is 2.41. The number of phenolic OH excluding ortho intramolecular Hbond substituents is 2. The smallest absolute Gasteiger partial charge is 0.229 e. The molecular weight excluding hydrogens is 608 g/mol. The van der Waals surface area contributed by atoms with Gasteiger partial charge in [-0.05, 0) is 68.3 Å². The monoisotopic (exact) mass is 654 g/mol. The fourth-order valence-electron chi connectivity index (χ4n) is 7.27. The van der Waals surface area contributed by atoms with Crippen molar-refractivity contribution in [2.24, 2.45) is 11.8 Å². The predicted octanol–water partition coefficient (Wildman–Crippen LogP) is 2.51. The Kier molecular flexibility index (Phi) is 10.1. The molecule has 2 aromatic carbocycles. The van der Waals surface area contributed by atoms with Gasteiger partial charge in [0.1, 0.15) is 58.9 Å². The molecule has 3 fully saturated rings. The van der Waals surface area contributed by atoms with E-state index in [2.05, 4.69) is 23.6 Å². The second-order valence-electron chi connectivity index (χ2n) is 13.6. The molecule has 0 amide bonds. The van der Waals surface area contributed by atoms with Crippen LogP contribution >= 0.6 is 0 Å². The predicted molar refractivity (Wildman–Crippen MR) is 173 cm³/mol. The summed E-state index contributed by atoms with van der Waals surface area (Å²) >= 11 is 0. The first kappa shape index (κ1) is 33.7. The van der Waals surface area contributed by atoms with Crippen molar-refractivity contribution in [3.05, 3.63) is 51.9 Å². The van der Waals surface area contributed by atoms with Crippen LogP contribution in [0.2, 0.25) is 0 Å². The number of hydrogen-bond donors (Lipinski definition) is 6. The van der Waals surface area contributed by atoms with E-state index < -0.39 is 42.7 Å². The lowest BCUT2D eigenvalue weighted by molar-refractivity contribution is -0.277. The Morgan fingerprint density at radius 1 is 0.851 bits per heavy atom. The van der Waals surface area contributed by atoms with E-state index in [-0.39, 0.29) is 33.8 Å². The van der Waals surface area contributed by atoms with Crippen LogP contribution in [0, 0.1) is 11.8 Å². The van der Waals surface area contributed by atoms with E-state index in [1.165, 1.54) is 6.26 Å². The Bertz CT molecular complexity index is 1610. The molecule has 6 rings (SSSR count). The Labute approximate surface area is 273 Å². The van der Waals surface area contributed by atoms with Gasteiger partial charge in [-0.2, -0.15) is 0 Å². The molecule has 3 aliphatic rings. The number of nitrogens with zero attached hydrogens (tertiary/aromatic N) is 2. The molecule has 0 radical (unpaired) electrons. The van der Waals surface area contributed by atoms with Gasteiger partial charge in [0.25, 0.3) is 0 Å². The zero-order chi connectivity index (χ0) is 33.4. The number of phenols is 2. The van der Waals surface area contributed by atoms with E-state index in [1.54, 1.807) is 24.3 Å². The molecule has 0 spiro atoms. The Morgan fingerprint density at radius 2 is 1.47 bits per heavy atom. The molecule has 3 aromatic rings. The Morgan fingerprint density at radius 3 is 2.06 bits per heavy atom. The molecule has 0 aliphatic carbocycles. The number of aliphatic hydroxyl groups is 4. The number of fused-ring (bicyclic) bond motifs is 1. The number of benzene rings is 2. The molecule has 12 nitrogen and oxygen atoms in total. The minimum Gasteiger partial charge on any atom is -0.507 e. The summed E-state index contributed by atoms with van der Waals surface area (Å²) in [5, 5.41) is 63.2. The van der Waals surface area contributed by atoms with Crippen LogP contribution in [0.3, 0.4) is 0 Å². The highest BCUT2D eigenvalue weighted by atomic mass is 16.7. The maximum Gasteiger partial charge on any atom is 0.229 e. The normalized spacial score (nSPS) is 29.3. The summed E-state index contributed by atoms with van der Waals surface area (Å²) in [4.78, 5) is 18.6. The molecule has 12 heteroatoms. The van der Waals surface area contributed by atoms with Crippen molar-refractivity contribution in [1.82, 2.24) is 9.80 Å². The Balaban J connectivity index is 1.34. The number of hydrogen-bond acceptors (Lipinski definition) is 12. The van der Waals surface area contributed by atoms with Crippen molar-refractivity contribution in [2.45, 2.75) is 83.3 Å². The fraction of sp³-hybridized carbons (Fsp3) is 0.571. The summed E-state index contributed by atoms with van der Waals surface area (Å²) in [5.41, 5.74) is 1.25. The standard InChI is InChI=1S/C35H46N2O10/c1-19-5-3-11-36(13-19)15-23-28(39)24(16-37-12-4-6-20(2)14-37)34-27(29(23)40)30(41)25(18-45-34)21-7-9-22(10-8-21)46-35-33(44)32(43)31(42)26(17-38)47-35/h7-10,18-20,26,31-33,35,38-40,42-44H,3-6,11-17H2,1-2H3/t19-,20+,26+,31+,32-,33+,35+/m0/s1. The number of aromatic hydroxyl groups is 2. The first-order valence-corrected chi connectivity index (χ1v) is 16.6. The van der Waals surface area contributed by atoms with Gasteiger partial charge in [0, 0.05) is 26.2 Å². The number of rotatable bonds is 8. The summed E-state index contributed by atoms with van der Waals surface area (Å²) < 4.78 is 17.2. The molecule has 4 heterocycles. The third kappa shape index (κ3) is 6.86. The van der Waals surface area contributed by atoms with E-state index in [1.807, 2.05) is 0 Å². The molecule has 7 atom stereocenters. The Hall–Kier alpha value is -3.23. The SMILES string of the molecule is C[C@@H]1CCCN(Cc2c(O)c(CN3CCC[C@H](C)C3)c(O)c3c(=O)c(-c4ccc(O[C@@H]5O[C@H](CO)[C@@H](O)[C@H](O)[C@H]5O)cc4)coc23)C1. The van der Waals surface area contributed by atoms with Crippen LogP contribution in [0.15, 0.2) is 39.7 Å². The van der Waals surface area contributed by atoms with E-state index >= 15 is 0 Å². The zero-order valence-electron chi connectivity index (χ0n) is 26.9. The minimum atomic E-state index is -1.58. The van der Waals surface area contributed by atoms with Crippen LogP contribution in [-0.4, -0.2) is 104 Å². The second kappa shape index (κ2) is 14.1. The molecule has 47 heavy (non-hydrogen) atoms. The molecule has 6 N–H and O–H groups in total. The molecule has 0 bridgehead atoms. The summed E-state index contributed by atoms with van der Waals surface area (Å²) in [5.74, 6) is 0.941. The van der Waals surface area contributed by atoms with E-state index in [0.29, 0.717) is 41.6 Å². The average molecular weight is 655 g/mol. The lowest BCUT2D eigenvalue weighted by Gasteiger charge is -2.39. The highest BCUT2D eigenvalue weighted by molar-refractivity contribution is 5.92. The third-order valence-corrected chi connectivity index (χ3v) is 9.87. The van der Waals surface area contributed by atoms with Crippen LogP contribution in [0.1, 0.15) is 50.7 Å². The van der Waals surface area contributed by atoms with Gasteiger partial charge in [-0.3, -0.25) is 14.6 Å². The van der Waals surface area contributed by atoms with Gasteiger partial charge in [-0.25, -0.2) is 0 Å². The highest BCUT2D eigenvalue weighted by Gasteiger charge is 2.44.